The number of nitrogens with zero attached hydrogens (tertiary/aromatic N) is 1. The van der Waals surface area contributed by atoms with Crippen LogP contribution in [-0.2, 0) is 49.5 Å². The Labute approximate surface area is 404 Å². The summed E-state index contributed by atoms with van der Waals surface area (Å²) in [4.78, 5) is 98.5. The molecular weight excluding hydrogens is 875 g/mol. The Hall–Kier alpha value is -4.97. The molecule has 1 aliphatic heterocycles. The number of carbonyl (C=O) groups excluding carboxylic acids is 7. The molecule has 18 heteroatoms. The zero-order chi connectivity index (χ0) is 50.4. The van der Waals surface area contributed by atoms with E-state index in [1.54, 1.807) is 45.2 Å². The van der Waals surface area contributed by atoms with Crippen LogP contribution in [0.15, 0.2) is 30.3 Å². The van der Waals surface area contributed by atoms with Gasteiger partial charge in [0.15, 0.2) is 0 Å². The second-order valence-electron chi connectivity index (χ2n) is 20.1. The number of rotatable bonds is 18. The quantitative estimate of drug-likeness (QED) is 0.104. The van der Waals surface area contributed by atoms with E-state index in [4.69, 9.17) is 24.7 Å². The number of alkyl carbamates (subject to hydrolysis) is 1. The molecule has 2 fully saturated rings. The molecule has 1 aromatic carbocycles. The van der Waals surface area contributed by atoms with Gasteiger partial charge < -0.3 is 56.2 Å². The van der Waals surface area contributed by atoms with E-state index in [-0.39, 0.29) is 50.6 Å². The molecular formula is C50H83N7O11. The van der Waals surface area contributed by atoms with Crippen molar-refractivity contribution in [2.24, 2.45) is 28.9 Å². The van der Waals surface area contributed by atoms with Crippen LogP contribution in [0.3, 0.4) is 0 Å². The van der Waals surface area contributed by atoms with Crippen LogP contribution >= 0.6 is 0 Å². The second-order valence-corrected chi connectivity index (χ2v) is 20.1. The summed E-state index contributed by atoms with van der Waals surface area (Å²) in [5.41, 5.74) is 5.58. The van der Waals surface area contributed by atoms with E-state index in [1.807, 2.05) is 40.7 Å². The summed E-state index contributed by atoms with van der Waals surface area (Å²) >= 11 is 0. The maximum absolute atomic E-state index is 14.7. The highest BCUT2D eigenvalue weighted by atomic mass is 16.6. The topological polar surface area (TPSA) is 246 Å². The van der Waals surface area contributed by atoms with Crippen molar-refractivity contribution in [1.29, 1.82) is 0 Å². The number of unbranched alkanes of at least 4 members (excludes halogenated alkanes) is 3. The highest BCUT2D eigenvalue weighted by Crippen LogP contribution is 2.28. The number of ether oxygens (including phenoxy) is 4. The van der Waals surface area contributed by atoms with Crippen LogP contribution in [0.25, 0.3) is 0 Å². The Kier molecular flexibility index (Phi) is 24.6. The molecule has 0 bridgehead atoms. The minimum absolute atomic E-state index is 0.00605. The zero-order valence-electron chi connectivity index (χ0n) is 42.2. The number of hydrogen-bond acceptors (Lipinski definition) is 11. The summed E-state index contributed by atoms with van der Waals surface area (Å²) in [7, 11) is 1.61. The van der Waals surface area contributed by atoms with Gasteiger partial charge in [0, 0.05) is 19.5 Å². The van der Waals surface area contributed by atoms with Crippen molar-refractivity contribution < 1.29 is 52.5 Å². The van der Waals surface area contributed by atoms with Crippen molar-refractivity contribution in [1.82, 2.24) is 31.5 Å². The number of hydrogen-bond donors (Lipinski definition) is 6. The molecule has 0 radical (unpaired) electrons. The fourth-order valence-electron chi connectivity index (χ4n) is 8.62. The monoisotopic (exact) mass is 958 g/mol. The van der Waals surface area contributed by atoms with Gasteiger partial charge >= 0.3 is 12.2 Å². The van der Waals surface area contributed by atoms with E-state index in [0.29, 0.717) is 25.7 Å². The summed E-state index contributed by atoms with van der Waals surface area (Å²) < 4.78 is 23.2. The minimum Gasteiger partial charge on any atom is -0.446 e. The summed E-state index contributed by atoms with van der Waals surface area (Å²) in [6.45, 7) is 14.4. The fraction of sp³-hybridized carbons (Fsp3) is 0.740. The van der Waals surface area contributed by atoms with E-state index in [9.17, 15) is 33.6 Å². The van der Waals surface area contributed by atoms with E-state index in [1.165, 1.54) is 4.90 Å². The smallest absolute Gasteiger partial charge is 0.407 e. The lowest BCUT2D eigenvalue weighted by molar-refractivity contribution is -0.147. The molecule has 8 atom stereocenters. The molecule has 1 saturated heterocycles. The van der Waals surface area contributed by atoms with Gasteiger partial charge in [-0.25, -0.2) is 9.59 Å². The Morgan fingerprint density at radius 3 is 2.18 bits per heavy atom. The number of carbonyl (C=O) groups is 7. The van der Waals surface area contributed by atoms with Crippen molar-refractivity contribution in [3.63, 3.8) is 0 Å². The van der Waals surface area contributed by atoms with Crippen molar-refractivity contribution in [2.75, 3.05) is 33.4 Å². The average molecular weight is 958 g/mol. The normalized spacial score (nSPS) is 24.9. The molecule has 384 valence electrons. The third-order valence-electron chi connectivity index (χ3n) is 12.7. The summed E-state index contributed by atoms with van der Waals surface area (Å²) in [6.07, 6.45) is 5.85. The van der Waals surface area contributed by atoms with Gasteiger partial charge in [-0.05, 0) is 55.4 Å². The predicted molar refractivity (Wildman–Crippen MR) is 258 cm³/mol. The molecule has 1 aliphatic carbocycles. The molecule has 68 heavy (non-hydrogen) atoms. The van der Waals surface area contributed by atoms with E-state index in [2.05, 4.69) is 33.5 Å². The molecule has 0 aromatic heterocycles. The van der Waals surface area contributed by atoms with Crippen LogP contribution in [0, 0.1) is 23.2 Å². The van der Waals surface area contributed by atoms with Gasteiger partial charge in [0.2, 0.25) is 29.5 Å². The van der Waals surface area contributed by atoms with Crippen LogP contribution in [0.5, 0.6) is 0 Å². The van der Waals surface area contributed by atoms with Crippen molar-refractivity contribution in [3.05, 3.63) is 35.9 Å². The molecule has 7 amide bonds. The molecule has 3 rings (SSSR count). The Balaban J connectivity index is 2.06. The van der Waals surface area contributed by atoms with Gasteiger partial charge in [-0.3, -0.25) is 24.0 Å². The highest BCUT2D eigenvalue weighted by molar-refractivity contribution is 5.96. The Morgan fingerprint density at radius 2 is 1.54 bits per heavy atom. The van der Waals surface area contributed by atoms with Crippen LogP contribution < -0.4 is 32.3 Å². The predicted octanol–water partition coefficient (Wildman–Crippen LogP) is 5.25. The first-order chi connectivity index (χ1) is 32.2. The molecule has 7 N–H and O–H groups in total. The standard InChI is InChI=1S/C50H83N7O11/c1-10-11-12-19-24-40-34(5)47(62)57(9)39(27-32(2)3)45(60)56-42(36-22-17-14-18-23-36)46(61)54-37(28-52-49(64)67-30-35-20-15-13-16-21-35)43(58)55-38(44(59)53-33(4)29-66-40)31-65-26-25-41(50(6,7)8)68-48(51)63/h13,15-16,20-21,32-34,36-42H,10-12,14,17-19,22-31H2,1-9H3,(H2,51,63)(H,52,64)(H,53,59)(H,54,61)(H,55,58)(H,56,60)/t33-,34-,37+,38+,39+,40-,41?,42+/m1/s1. The second kappa shape index (κ2) is 29.1. The number of nitrogens with two attached hydrogens (primary N) is 1. The molecule has 1 unspecified atom stereocenters. The maximum atomic E-state index is 14.7. The first kappa shape index (κ1) is 57.3. The number of benzene rings is 1. The first-order valence-corrected chi connectivity index (χ1v) is 24.8. The molecule has 1 aromatic rings. The van der Waals surface area contributed by atoms with Crippen LogP contribution in [0.4, 0.5) is 9.59 Å². The summed E-state index contributed by atoms with van der Waals surface area (Å²) in [5, 5.41) is 14.0. The Bertz CT molecular complexity index is 1750. The summed E-state index contributed by atoms with van der Waals surface area (Å²) in [5.74, 6) is -3.84. The van der Waals surface area contributed by atoms with Crippen LogP contribution in [0.1, 0.15) is 138 Å². The van der Waals surface area contributed by atoms with E-state index in [0.717, 1.165) is 50.5 Å². The van der Waals surface area contributed by atoms with Crippen molar-refractivity contribution in [3.8, 4) is 0 Å². The lowest BCUT2D eigenvalue weighted by Gasteiger charge is -2.36. The van der Waals surface area contributed by atoms with Crippen LogP contribution in [0.2, 0.25) is 0 Å². The zero-order valence-corrected chi connectivity index (χ0v) is 42.2. The molecule has 1 heterocycles. The van der Waals surface area contributed by atoms with E-state index < -0.39 is 96.1 Å². The number of amides is 7. The molecule has 2 aliphatic rings. The van der Waals surface area contributed by atoms with Crippen molar-refractivity contribution in [2.45, 2.75) is 181 Å². The van der Waals surface area contributed by atoms with Gasteiger partial charge in [0.05, 0.1) is 38.4 Å². The average Bonchev–Trinajstić information content (AvgIpc) is 3.29. The molecule has 18 nitrogen and oxygen atoms in total. The number of likely N-dealkylation sites (N-methyl/N-ethyl adjacent to an activating group) is 1. The third-order valence-corrected chi connectivity index (χ3v) is 12.7. The van der Waals surface area contributed by atoms with Gasteiger partial charge in [0.1, 0.15) is 36.9 Å². The Morgan fingerprint density at radius 1 is 0.882 bits per heavy atom. The third kappa shape index (κ3) is 19.9. The lowest BCUT2D eigenvalue weighted by atomic mass is 9.83. The van der Waals surface area contributed by atoms with Crippen LogP contribution in [-0.4, -0.2) is 122 Å². The summed E-state index contributed by atoms with van der Waals surface area (Å²) in [6, 6.07) is 3.59. The highest BCUT2D eigenvalue weighted by Gasteiger charge is 2.39. The van der Waals surface area contributed by atoms with Crippen molar-refractivity contribution >= 4 is 41.7 Å². The SMILES string of the molecule is CCCCCC[C@H]1OC[C@@H](C)NC(=O)[C@H](COCCC(OC(N)=O)C(C)(C)C)NC(=O)[C@H](CNC(=O)OCc2ccccc2)NC(=O)[C@H](C2CCCCC2)NC(=O)[C@H](CC(C)C)N(C)C(=O)[C@@H]1C. The fourth-order valence-corrected chi connectivity index (χ4v) is 8.62. The lowest BCUT2D eigenvalue weighted by Crippen LogP contribution is -2.62. The minimum atomic E-state index is -1.47. The van der Waals surface area contributed by atoms with E-state index >= 15 is 0 Å². The maximum Gasteiger partial charge on any atom is 0.407 e. The van der Waals surface area contributed by atoms with Gasteiger partial charge in [-0.2, -0.15) is 0 Å². The largest absolute Gasteiger partial charge is 0.446 e. The number of primary amides is 1. The molecule has 0 spiro atoms. The molecule has 1 saturated carbocycles. The van der Waals surface area contributed by atoms with Gasteiger partial charge in [0.25, 0.3) is 0 Å². The van der Waals surface area contributed by atoms with Gasteiger partial charge in [-0.15, -0.1) is 0 Å². The first-order valence-electron chi connectivity index (χ1n) is 24.8. The van der Waals surface area contributed by atoms with Gasteiger partial charge in [-0.1, -0.05) is 124 Å². The number of nitrogens with one attached hydrogen (secondary N) is 5.